The molecule has 1 saturated carbocycles. The number of aryl methyl sites for hydroxylation is 2. The van der Waals surface area contributed by atoms with Gasteiger partial charge in [0.15, 0.2) is 0 Å². The third-order valence-corrected chi connectivity index (χ3v) is 7.25. The standard InChI is InChI=1S/C22H27N3O3S/c1-15-6-5-7-16(2)21(15)24-29(27,28)19-10-11-20-17(14-19)12-13-25(20)22(26)23-18-8-3-4-9-18/h5-7,10-11,14,18,24H,3-4,8-9,12-13H2,1-2H3,(H,23,26). The van der Waals surface area contributed by atoms with E-state index in [0.29, 0.717) is 18.7 Å². The van der Waals surface area contributed by atoms with Crippen LogP contribution in [0.15, 0.2) is 41.3 Å². The van der Waals surface area contributed by atoms with E-state index in [2.05, 4.69) is 10.0 Å². The minimum Gasteiger partial charge on any atom is -0.335 e. The van der Waals surface area contributed by atoms with Gasteiger partial charge >= 0.3 is 6.03 Å². The SMILES string of the molecule is Cc1cccc(C)c1NS(=O)(=O)c1ccc2c(c1)CCN2C(=O)NC1CCCC1. The normalized spacial score (nSPS) is 16.7. The van der Waals surface area contributed by atoms with Gasteiger partial charge in [-0.25, -0.2) is 13.2 Å². The van der Waals surface area contributed by atoms with Crippen molar-refractivity contribution in [3.63, 3.8) is 0 Å². The molecule has 29 heavy (non-hydrogen) atoms. The van der Waals surface area contributed by atoms with Crippen molar-refractivity contribution in [1.29, 1.82) is 0 Å². The number of carbonyl (C=O) groups excluding carboxylic acids is 1. The molecule has 1 aliphatic heterocycles. The highest BCUT2D eigenvalue weighted by Gasteiger charge is 2.28. The van der Waals surface area contributed by atoms with Gasteiger partial charge in [0.1, 0.15) is 0 Å². The number of carbonyl (C=O) groups is 1. The number of hydrogen-bond donors (Lipinski definition) is 2. The lowest BCUT2D eigenvalue weighted by Gasteiger charge is -2.21. The fourth-order valence-electron chi connectivity index (χ4n) is 4.25. The lowest BCUT2D eigenvalue weighted by atomic mass is 10.1. The summed E-state index contributed by atoms with van der Waals surface area (Å²) in [6, 6.07) is 10.9. The predicted molar refractivity (Wildman–Crippen MR) is 115 cm³/mol. The molecule has 2 N–H and O–H groups in total. The Morgan fingerprint density at radius 3 is 2.45 bits per heavy atom. The molecule has 2 aromatic carbocycles. The lowest BCUT2D eigenvalue weighted by molar-refractivity contribution is 0.243. The van der Waals surface area contributed by atoms with Crippen molar-refractivity contribution in [3.8, 4) is 0 Å². The Balaban J connectivity index is 1.54. The predicted octanol–water partition coefficient (Wildman–Crippen LogP) is 4.12. The number of hydrogen-bond acceptors (Lipinski definition) is 3. The average molecular weight is 414 g/mol. The first-order valence-corrected chi connectivity index (χ1v) is 11.6. The number of rotatable bonds is 4. The van der Waals surface area contributed by atoms with Gasteiger partial charge in [-0.15, -0.1) is 0 Å². The molecule has 2 amide bonds. The van der Waals surface area contributed by atoms with Crippen LogP contribution in [0.4, 0.5) is 16.2 Å². The molecule has 7 heteroatoms. The fourth-order valence-corrected chi connectivity index (χ4v) is 5.50. The number of nitrogens with zero attached hydrogens (tertiary/aromatic N) is 1. The van der Waals surface area contributed by atoms with E-state index in [0.717, 1.165) is 48.1 Å². The second kappa shape index (κ2) is 7.71. The van der Waals surface area contributed by atoms with Crippen molar-refractivity contribution < 1.29 is 13.2 Å². The van der Waals surface area contributed by atoms with Gasteiger partial charge in [0.25, 0.3) is 10.0 Å². The van der Waals surface area contributed by atoms with E-state index in [1.807, 2.05) is 32.0 Å². The van der Waals surface area contributed by atoms with Crippen molar-refractivity contribution in [3.05, 3.63) is 53.1 Å². The highest BCUT2D eigenvalue weighted by molar-refractivity contribution is 7.92. The molecule has 0 radical (unpaired) electrons. The summed E-state index contributed by atoms with van der Waals surface area (Å²) in [4.78, 5) is 14.6. The van der Waals surface area contributed by atoms with Crippen LogP contribution in [0.1, 0.15) is 42.4 Å². The zero-order valence-corrected chi connectivity index (χ0v) is 17.7. The molecule has 154 valence electrons. The molecule has 1 fully saturated rings. The van der Waals surface area contributed by atoms with Crippen LogP contribution in [0.2, 0.25) is 0 Å². The highest BCUT2D eigenvalue weighted by Crippen LogP contribution is 2.32. The van der Waals surface area contributed by atoms with Crippen molar-refractivity contribution in [2.24, 2.45) is 0 Å². The zero-order chi connectivity index (χ0) is 20.6. The topological polar surface area (TPSA) is 78.5 Å². The van der Waals surface area contributed by atoms with E-state index in [1.165, 1.54) is 0 Å². The van der Waals surface area contributed by atoms with Gasteiger partial charge in [-0.1, -0.05) is 31.0 Å². The van der Waals surface area contributed by atoms with Gasteiger partial charge in [0, 0.05) is 18.3 Å². The summed E-state index contributed by atoms with van der Waals surface area (Å²) in [5, 5.41) is 3.11. The molecule has 6 nitrogen and oxygen atoms in total. The van der Waals surface area contributed by atoms with Gasteiger partial charge in [-0.05, 0) is 68.0 Å². The third-order valence-electron chi connectivity index (χ3n) is 5.90. The lowest BCUT2D eigenvalue weighted by Crippen LogP contribution is -2.43. The van der Waals surface area contributed by atoms with Gasteiger partial charge in [-0.3, -0.25) is 9.62 Å². The van der Waals surface area contributed by atoms with Crippen LogP contribution < -0.4 is 14.9 Å². The average Bonchev–Trinajstić information content (AvgIpc) is 3.33. The van der Waals surface area contributed by atoms with E-state index < -0.39 is 10.0 Å². The molecule has 4 rings (SSSR count). The number of para-hydroxylation sites is 1. The van der Waals surface area contributed by atoms with E-state index in [4.69, 9.17) is 0 Å². The largest absolute Gasteiger partial charge is 0.335 e. The van der Waals surface area contributed by atoms with E-state index >= 15 is 0 Å². The quantitative estimate of drug-likeness (QED) is 0.791. The molecule has 1 heterocycles. The Labute approximate surface area is 172 Å². The van der Waals surface area contributed by atoms with Gasteiger partial charge in [0.05, 0.1) is 10.6 Å². The first-order chi connectivity index (χ1) is 13.8. The molecule has 1 aliphatic carbocycles. The van der Waals surface area contributed by atoms with Crippen molar-refractivity contribution >= 4 is 27.4 Å². The summed E-state index contributed by atoms with van der Waals surface area (Å²) < 4.78 is 28.6. The summed E-state index contributed by atoms with van der Waals surface area (Å²) in [7, 11) is -3.71. The third kappa shape index (κ3) is 3.96. The molecule has 0 unspecified atom stereocenters. The number of amides is 2. The second-order valence-corrected chi connectivity index (χ2v) is 9.68. The number of urea groups is 1. The number of benzene rings is 2. The van der Waals surface area contributed by atoms with Crippen LogP contribution in [0, 0.1) is 13.8 Å². The molecule has 0 atom stereocenters. The fraction of sp³-hybridized carbons (Fsp3) is 0.409. The molecule has 0 spiro atoms. The molecule has 0 aromatic heterocycles. The Morgan fingerprint density at radius 1 is 1.07 bits per heavy atom. The first kappa shape index (κ1) is 19.8. The Bertz CT molecular complexity index is 1020. The minimum atomic E-state index is -3.71. The number of anilines is 2. The van der Waals surface area contributed by atoms with Crippen LogP contribution >= 0.6 is 0 Å². The molecule has 0 saturated heterocycles. The first-order valence-electron chi connectivity index (χ1n) is 10.1. The molecule has 2 aliphatic rings. The summed E-state index contributed by atoms with van der Waals surface area (Å²) in [6.45, 7) is 4.34. The van der Waals surface area contributed by atoms with Crippen LogP contribution in [0.5, 0.6) is 0 Å². The van der Waals surface area contributed by atoms with Crippen LogP contribution in [-0.2, 0) is 16.4 Å². The maximum Gasteiger partial charge on any atom is 0.322 e. The van der Waals surface area contributed by atoms with Gasteiger partial charge < -0.3 is 5.32 Å². The highest BCUT2D eigenvalue weighted by atomic mass is 32.2. The van der Waals surface area contributed by atoms with Gasteiger partial charge in [0.2, 0.25) is 0 Å². The van der Waals surface area contributed by atoms with Crippen LogP contribution in [0.3, 0.4) is 0 Å². The van der Waals surface area contributed by atoms with Crippen molar-refractivity contribution in [1.82, 2.24) is 5.32 Å². The van der Waals surface area contributed by atoms with E-state index in [-0.39, 0.29) is 17.0 Å². The van der Waals surface area contributed by atoms with Crippen molar-refractivity contribution in [2.75, 3.05) is 16.2 Å². The Morgan fingerprint density at radius 2 is 1.76 bits per heavy atom. The van der Waals surface area contributed by atoms with E-state index in [9.17, 15) is 13.2 Å². The Hall–Kier alpha value is -2.54. The zero-order valence-electron chi connectivity index (χ0n) is 16.9. The maximum atomic E-state index is 12.9. The summed E-state index contributed by atoms with van der Waals surface area (Å²) >= 11 is 0. The molecule has 2 aromatic rings. The Kier molecular flexibility index (Phi) is 5.25. The smallest absolute Gasteiger partial charge is 0.322 e. The van der Waals surface area contributed by atoms with E-state index in [1.54, 1.807) is 23.1 Å². The number of nitrogens with one attached hydrogen (secondary N) is 2. The number of sulfonamides is 1. The summed E-state index contributed by atoms with van der Waals surface area (Å²) in [6.07, 6.45) is 5.05. The monoisotopic (exact) mass is 413 g/mol. The molecular weight excluding hydrogens is 386 g/mol. The number of fused-ring (bicyclic) bond motifs is 1. The second-order valence-electron chi connectivity index (χ2n) is 8.00. The van der Waals surface area contributed by atoms with Crippen molar-refractivity contribution in [2.45, 2.75) is 56.9 Å². The minimum absolute atomic E-state index is 0.0834. The summed E-state index contributed by atoms with van der Waals surface area (Å²) in [5.74, 6) is 0. The van der Waals surface area contributed by atoms with Crippen LogP contribution in [-0.4, -0.2) is 27.0 Å². The molecule has 0 bridgehead atoms. The molecular formula is C22H27N3O3S. The maximum absolute atomic E-state index is 12.9. The van der Waals surface area contributed by atoms with Crippen LogP contribution in [0.25, 0.3) is 0 Å². The summed E-state index contributed by atoms with van der Waals surface area (Å²) in [5.41, 5.74) is 4.06. The van der Waals surface area contributed by atoms with Gasteiger partial charge in [-0.2, -0.15) is 0 Å².